The standard InChI is InChI=1S/C43H26FN3/c44-36-18-14-31(15-19-36)40-26-39(46-43(47-40)35-12-4-27(5-13-35)28-22-24-45-25-23-28)30-8-6-29(7-9-30)37-20-16-34-11-10-32-2-1-3-33-17-21-38(37)42(34)41(32)33/h1-26H. The Morgan fingerprint density at radius 1 is 0.404 bits per heavy atom. The predicted octanol–water partition coefficient (Wildman–Crippen LogP) is 11.2. The molecule has 0 aliphatic heterocycles. The molecule has 0 saturated carbocycles. The van der Waals surface area contributed by atoms with Crippen LogP contribution in [-0.2, 0) is 0 Å². The molecule has 0 bridgehead atoms. The van der Waals surface area contributed by atoms with Crippen LogP contribution < -0.4 is 0 Å². The van der Waals surface area contributed by atoms with Gasteiger partial charge in [0.25, 0.3) is 0 Å². The number of hydrogen-bond acceptors (Lipinski definition) is 3. The number of aromatic nitrogens is 3. The van der Waals surface area contributed by atoms with Gasteiger partial charge in [-0.1, -0.05) is 103 Å². The Hall–Kier alpha value is -6.26. The number of halogens is 1. The summed E-state index contributed by atoms with van der Waals surface area (Å²) in [5.41, 5.74) is 8.78. The largest absolute Gasteiger partial charge is 0.265 e. The number of nitrogens with zero attached hydrogens (tertiary/aromatic N) is 3. The molecular weight excluding hydrogens is 577 g/mol. The Bertz CT molecular complexity index is 2530. The molecule has 0 aliphatic rings. The number of rotatable bonds is 5. The van der Waals surface area contributed by atoms with Gasteiger partial charge in [-0.15, -0.1) is 0 Å². The summed E-state index contributed by atoms with van der Waals surface area (Å²) in [5, 5.41) is 7.64. The lowest BCUT2D eigenvalue weighted by molar-refractivity contribution is 0.628. The summed E-state index contributed by atoms with van der Waals surface area (Å²) in [6.45, 7) is 0. The second-order valence-electron chi connectivity index (χ2n) is 11.8. The van der Waals surface area contributed by atoms with E-state index in [-0.39, 0.29) is 5.82 Å². The van der Waals surface area contributed by atoms with Crippen LogP contribution in [-0.4, -0.2) is 15.0 Å². The average Bonchev–Trinajstić information content (AvgIpc) is 3.14. The van der Waals surface area contributed by atoms with Crippen molar-refractivity contribution in [2.24, 2.45) is 0 Å². The number of hydrogen-bond donors (Lipinski definition) is 0. The monoisotopic (exact) mass is 603 g/mol. The maximum atomic E-state index is 13.8. The van der Waals surface area contributed by atoms with Gasteiger partial charge >= 0.3 is 0 Å². The molecule has 0 saturated heterocycles. The van der Waals surface area contributed by atoms with Crippen molar-refractivity contribution >= 4 is 32.3 Å². The summed E-state index contributed by atoms with van der Waals surface area (Å²) in [6, 6.07) is 49.1. The third-order valence-corrected chi connectivity index (χ3v) is 9.04. The Morgan fingerprint density at radius 3 is 1.60 bits per heavy atom. The SMILES string of the molecule is Fc1ccc(-c2cc(-c3ccc(-c4ccc5ccc6cccc7ccc4c5c67)cc3)nc(-c3ccc(-c4ccncc4)cc3)n2)cc1. The van der Waals surface area contributed by atoms with Crippen molar-refractivity contribution in [2.45, 2.75) is 0 Å². The van der Waals surface area contributed by atoms with Crippen molar-refractivity contribution in [3.8, 4) is 56.2 Å². The molecule has 7 aromatic carbocycles. The summed E-state index contributed by atoms with van der Waals surface area (Å²) >= 11 is 0. The van der Waals surface area contributed by atoms with E-state index in [2.05, 4.69) is 96.0 Å². The molecule has 0 atom stereocenters. The summed E-state index contributed by atoms with van der Waals surface area (Å²) in [5.74, 6) is 0.330. The molecule has 3 nitrogen and oxygen atoms in total. The Balaban J connectivity index is 1.13. The Kier molecular flexibility index (Phi) is 6.32. The summed E-state index contributed by atoms with van der Waals surface area (Å²) < 4.78 is 13.8. The molecule has 0 fully saturated rings. The highest BCUT2D eigenvalue weighted by atomic mass is 19.1. The lowest BCUT2D eigenvalue weighted by Crippen LogP contribution is -1.96. The third kappa shape index (κ3) is 4.79. The van der Waals surface area contributed by atoms with Crippen molar-refractivity contribution in [2.75, 3.05) is 0 Å². The van der Waals surface area contributed by atoms with Crippen LogP contribution in [0, 0.1) is 5.82 Å². The van der Waals surface area contributed by atoms with Crippen molar-refractivity contribution in [3.63, 3.8) is 0 Å². The molecule has 0 radical (unpaired) electrons. The molecule has 47 heavy (non-hydrogen) atoms. The first-order valence-electron chi connectivity index (χ1n) is 15.6. The van der Waals surface area contributed by atoms with Crippen LogP contribution in [0.15, 0.2) is 158 Å². The molecule has 0 amide bonds. The van der Waals surface area contributed by atoms with Crippen molar-refractivity contribution in [1.29, 1.82) is 0 Å². The van der Waals surface area contributed by atoms with Crippen LogP contribution in [0.2, 0.25) is 0 Å². The smallest absolute Gasteiger partial charge is 0.160 e. The van der Waals surface area contributed by atoms with Crippen molar-refractivity contribution in [1.82, 2.24) is 15.0 Å². The fraction of sp³-hybridized carbons (Fsp3) is 0. The zero-order valence-electron chi connectivity index (χ0n) is 25.2. The first-order chi connectivity index (χ1) is 23.2. The molecular formula is C43H26FN3. The van der Waals surface area contributed by atoms with Gasteiger partial charge in [-0.05, 0) is 97.0 Å². The summed E-state index contributed by atoms with van der Waals surface area (Å²) in [7, 11) is 0. The molecule has 0 N–H and O–H groups in total. The number of pyridine rings is 1. The maximum Gasteiger partial charge on any atom is 0.160 e. The van der Waals surface area contributed by atoms with Gasteiger partial charge in [0.1, 0.15) is 5.82 Å². The van der Waals surface area contributed by atoms with Crippen LogP contribution in [0.1, 0.15) is 0 Å². The third-order valence-electron chi connectivity index (χ3n) is 9.04. The minimum atomic E-state index is -0.280. The fourth-order valence-corrected chi connectivity index (χ4v) is 6.66. The van der Waals surface area contributed by atoms with Crippen LogP contribution in [0.25, 0.3) is 88.5 Å². The molecule has 9 aromatic rings. The Morgan fingerprint density at radius 2 is 0.915 bits per heavy atom. The fourth-order valence-electron chi connectivity index (χ4n) is 6.66. The zero-order chi connectivity index (χ0) is 31.3. The summed E-state index contributed by atoms with van der Waals surface area (Å²) in [4.78, 5) is 14.1. The number of benzene rings is 7. The van der Waals surface area contributed by atoms with E-state index >= 15 is 0 Å². The molecule has 2 heterocycles. The van der Waals surface area contributed by atoms with Gasteiger partial charge in [-0.25, -0.2) is 14.4 Å². The van der Waals surface area contributed by atoms with E-state index in [1.165, 1.54) is 50.0 Å². The van der Waals surface area contributed by atoms with E-state index in [0.717, 1.165) is 44.8 Å². The minimum Gasteiger partial charge on any atom is -0.265 e. The molecule has 0 aliphatic carbocycles. The quantitative estimate of drug-likeness (QED) is 0.184. The second-order valence-corrected chi connectivity index (χ2v) is 11.8. The molecule has 2 aromatic heterocycles. The molecule has 0 unspecified atom stereocenters. The minimum absolute atomic E-state index is 0.280. The van der Waals surface area contributed by atoms with Crippen LogP contribution >= 0.6 is 0 Å². The van der Waals surface area contributed by atoms with Gasteiger partial charge in [-0.2, -0.15) is 0 Å². The zero-order valence-corrected chi connectivity index (χ0v) is 25.2. The molecule has 0 spiro atoms. The van der Waals surface area contributed by atoms with Crippen LogP contribution in [0.5, 0.6) is 0 Å². The highest BCUT2D eigenvalue weighted by Gasteiger charge is 2.14. The maximum absolute atomic E-state index is 13.8. The second kappa shape index (κ2) is 11.0. The first kappa shape index (κ1) is 27.1. The normalized spacial score (nSPS) is 11.5. The average molecular weight is 604 g/mol. The van der Waals surface area contributed by atoms with Crippen LogP contribution in [0.3, 0.4) is 0 Å². The van der Waals surface area contributed by atoms with E-state index < -0.39 is 0 Å². The van der Waals surface area contributed by atoms with Gasteiger partial charge in [0, 0.05) is 29.1 Å². The highest BCUT2D eigenvalue weighted by molar-refractivity contribution is 6.25. The predicted molar refractivity (Wildman–Crippen MR) is 191 cm³/mol. The first-order valence-corrected chi connectivity index (χ1v) is 15.6. The lowest BCUT2D eigenvalue weighted by atomic mass is 9.89. The molecule has 4 heteroatoms. The topological polar surface area (TPSA) is 38.7 Å². The van der Waals surface area contributed by atoms with E-state index in [0.29, 0.717) is 5.82 Å². The molecule has 9 rings (SSSR count). The van der Waals surface area contributed by atoms with Crippen molar-refractivity contribution in [3.05, 3.63) is 164 Å². The van der Waals surface area contributed by atoms with Gasteiger partial charge in [0.2, 0.25) is 0 Å². The Labute approximate surface area is 271 Å². The van der Waals surface area contributed by atoms with E-state index in [9.17, 15) is 4.39 Å². The van der Waals surface area contributed by atoms with E-state index in [1.54, 1.807) is 24.5 Å². The highest BCUT2D eigenvalue weighted by Crippen LogP contribution is 2.39. The van der Waals surface area contributed by atoms with Crippen molar-refractivity contribution < 1.29 is 4.39 Å². The van der Waals surface area contributed by atoms with Gasteiger partial charge < -0.3 is 0 Å². The van der Waals surface area contributed by atoms with Crippen LogP contribution in [0.4, 0.5) is 4.39 Å². The van der Waals surface area contributed by atoms with E-state index in [4.69, 9.17) is 9.97 Å². The summed E-state index contributed by atoms with van der Waals surface area (Å²) in [6.07, 6.45) is 3.58. The van der Waals surface area contributed by atoms with Gasteiger partial charge in [0.05, 0.1) is 11.4 Å². The van der Waals surface area contributed by atoms with Gasteiger partial charge in [0.15, 0.2) is 5.82 Å². The molecule has 220 valence electrons. The van der Waals surface area contributed by atoms with Gasteiger partial charge in [-0.3, -0.25) is 4.98 Å². The van der Waals surface area contributed by atoms with E-state index in [1.807, 2.05) is 30.3 Å². The lowest BCUT2D eigenvalue weighted by Gasteiger charge is -2.14.